The van der Waals surface area contributed by atoms with Crippen LogP contribution in [0.5, 0.6) is 5.75 Å². The average Bonchev–Trinajstić information content (AvgIpc) is 3.00. The number of hydrogen-bond donors (Lipinski definition) is 2. The fourth-order valence-electron chi connectivity index (χ4n) is 4.27. The van der Waals surface area contributed by atoms with Crippen molar-refractivity contribution >= 4 is 27.8 Å². The Balaban J connectivity index is 1.67. The van der Waals surface area contributed by atoms with Crippen molar-refractivity contribution in [2.45, 2.75) is 26.8 Å². The number of nitrogens with zero attached hydrogens (tertiary/aromatic N) is 4. The first-order valence-electron chi connectivity index (χ1n) is 13.9. The predicted molar refractivity (Wildman–Crippen MR) is 161 cm³/mol. The van der Waals surface area contributed by atoms with Gasteiger partial charge in [0.05, 0.1) is 12.2 Å². The Morgan fingerprint density at radius 1 is 1.05 bits per heavy atom. The zero-order chi connectivity index (χ0) is 31.6. The molecule has 1 aliphatic heterocycles. The molecule has 2 aromatic carbocycles. The van der Waals surface area contributed by atoms with Gasteiger partial charge >= 0.3 is 5.97 Å². The summed E-state index contributed by atoms with van der Waals surface area (Å²) in [6.45, 7) is 7.67. The molecule has 0 aliphatic carbocycles. The summed E-state index contributed by atoms with van der Waals surface area (Å²) in [5.74, 6) is 4.36. The molecule has 0 aromatic heterocycles. The molecule has 12 nitrogen and oxygen atoms in total. The summed E-state index contributed by atoms with van der Waals surface area (Å²) in [5, 5.41) is 18.5. The summed E-state index contributed by atoms with van der Waals surface area (Å²) in [6.07, 6.45) is 1.81. The van der Waals surface area contributed by atoms with E-state index in [0.717, 1.165) is 16.2 Å². The fourth-order valence-corrected chi connectivity index (χ4v) is 5.76. The Kier molecular flexibility index (Phi) is 11.9. The molecule has 2 N–H and O–H groups in total. The first kappa shape index (κ1) is 33.4. The summed E-state index contributed by atoms with van der Waals surface area (Å²) in [5.41, 5.74) is 2.44. The third kappa shape index (κ3) is 9.17. The maximum absolute atomic E-state index is 12.8. The van der Waals surface area contributed by atoms with Crippen LogP contribution in [0.25, 0.3) is 0 Å². The van der Waals surface area contributed by atoms with Gasteiger partial charge in [0.1, 0.15) is 18.4 Å². The van der Waals surface area contributed by atoms with Crippen LogP contribution in [0.1, 0.15) is 42.3 Å². The number of benzene rings is 2. The van der Waals surface area contributed by atoms with Crippen LogP contribution in [-0.2, 0) is 19.7 Å². The highest BCUT2D eigenvalue weighted by Crippen LogP contribution is 2.22. The summed E-state index contributed by atoms with van der Waals surface area (Å²) < 4.78 is 40.1. The zero-order valence-electron chi connectivity index (χ0n) is 24.7. The number of hydrogen-bond acceptors (Lipinski definition) is 8. The minimum Gasteiger partial charge on any atom is -0.490 e. The third-order valence-corrected chi connectivity index (χ3v) is 8.32. The van der Waals surface area contributed by atoms with Gasteiger partial charge < -0.3 is 19.5 Å². The number of piperazine rings is 1. The van der Waals surface area contributed by atoms with Crippen LogP contribution >= 0.6 is 0 Å². The van der Waals surface area contributed by atoms with Crippen molar-refractivity contribution in [1.82, 2.24) is 13.9 Å². The molecule has 0 spiro atoms. The number of rotatable bonds is 12. The lowest BCUT2D eigenvalue weighted by Gasteiger charge is -2.36. The smallest absolute Gasteiger partial charge is 0.322 e. The zero-order valence-corrected chi connectivity index (χ0v) is 25.6. The first-order chi connectivity index (χ1) is 20.5. The lowest BCUT2D eigenvalue weighted by Crippen LogP contribution is -2.55. The van der Waals surface area contributed by atoms with Crippen molar-refractivity contribution in [2.75, 3.05) is 57.9 Å². The average molecular weight is 612 g/mol. The number of aliphatic carboxylic acids is 1. The number of ether oxygens (including phenoxy) is 2. The summed E-state index contributed by atoms with van der Waals surface area (Å²) in [4.78, 5) is 27.2. The van der Waals surface area contributed by atoms with Crippen molar-refractivity contribution in [3.8, 4) is 23.8 Å². The molecular formula is C30H37N5O7S. The topological polar surface area (TPSA) is 153 Å². The van der Waals surface area contributed by atoms with Crippen LogP contribution in [0.4, 0.5) is 5.69 Å². The summed E-state index contributed by atoms with van der Waals surface area (Å²) in [7, 11) is -2.56. The van der Waals surface area contributed by atoms with Crippen LogP contribution in [0.3, 0.4) is 0 Å². The molecule has 0 saturated carbocycles. The van der Waals surface area contributed by atoms with Crippen LogP contribution < -0.4 is 14.4 Å². The van der Waals surface area contributed by atoms with E-state index in [2.05, 4.69) is 16.6 Å². The van der Waals surface area contributed by atoms with Gasteiger partial charge in [-0.3, -0.25) is 9.59 Å². The SMILES string of the molecule is CCOCCOc1ccc(C#Cc2ccc(N3CCN(S(=O)(=O)N[C@@H](C(=O)O)C(C)C)CC3)cc2)cc1C(=O)N(C)C#N. The molecule has 1 aliphatic rings. The van der Waals surface area contributed by atoms with Crippen LogP contribution in [0.2, 0.25) is 0 Å². The number of carboxylic acid groups (broad SMARTS) is 1. The Bertz CT molecular complexity index is 1490. The second-order valence-corrected chi connectivity index (χ2v) is 11.8. The van der Waals surface area contributed by atoms with Gasteiger partial charge in [0, 0.05) is 56.6 Å². The monoisotopic (exact) mass is 611 g/mol. The van der Waals surface area contributed by atoms with Crippen molar-refractivity contribution < 1.29 is 32.6 Å². The lowest BCUT2D eigenvalue weighted by molar-refractivity contribution is -0.140. The highest BCUT2D eigenvalue weighted by molar-refractivity contribution is 7.87. The highest BCUT2D eigenvalue weighted by Gasteiger charge is 2.33. The van der Waals surface area contributed by atoms with Gasteiger partial charge in [-0.05, 0) is 55.3 Å². The van der Waals surface area contributed by atoms with Crippen LogP contribution in [0.15, 0.2) is 42.5 Å². The van der Waals surface area contributed by atoms with Gasteiger partial charge in [-0.15, -0.1) is 0 Å². The predicted octanol–water partition coefficient (Wildman–Crippen LogP) is 2.12. The van der Waals surface area contributed by atoms with Crippen LogP contribution in [-0.4, -0.2) is 93.7 Å². The molecule has 13 heteroatoms. The maximum atomic E-state index is 12.8. The van der Waals surface area contributed by atoms with Gasteiger partial charge in [-0.2, -0.15) is 22.7 Å². The standard InChI is InChI=1S/C30H37N5O7S/c1-5-41-18-19-42-27-13-10-24(20-26(27)29(36)33(4)21-31)7-6-23-8-11-25(12-9-23)34-14-16-35(17-15-34)43(39,40)32-28(22(2)3)30(37)38/h8-13,20,22,28,32H,5,14-19H2,1-4H3,(H,37,38)/t28-/m1/s1. The molecule has 230 valence electrons. The Morgan fingerprint density at radius 3 is 2.26 bits per heavy atom. The molecule has 0 radical (unpaired) electrons. The van der Waals surface area contributed by atoms with E-state index in [1.54, 1.807) is 32.0 Å². The quantitative estimate of drug-likeness (QED) is 0.159. The lowest BCUT2D eigenvalue weighted by atomic mass is 10.1. The molecule has 2 aromatic rings. The Labute approximate surface area is 253 Å². The summed E-state index contributed by atoms with van der Waals surface area (Å²) >= 11 is 0. The number of nitrogens with one attached hydrogen (secondary N) is 1. The van der Waals surface area contributed by atoms with E-state index in [0.29, 0.717) is 37.6 Å². The molecule has 1 atom stereocenters. The van der Waals surface area contributed by atoms with E-state index >= 15 is 0 Å². The number of carbonyl (C=O) groups excluding carboxylic acids is 1. The van der Waals surface area contributed by atoms with Crippen molar-refractivity contribution in [3.63, 3.8) is 0 Å². The Hall–Kier alpha value is -4.14. The second kappa shape index (κ2) is 15.4. The van der Waals surface area contributed by atoms with Gasteiger partial charge in [-0.25, -0.2) is 4.90 Å². The second-order valence-electron chi connectivity index (χ2n) is 10.1. The fraction of sp³-hybridized carbons (Fsp3) is 0.433. The largest absolute Gasteiger partial charge is 0.490 e. The normalized spacial score (nSPS) is 14.4. The minimum absolute atomic E-state index is 0.217. The van der Waals surface area contributed by atoms with E-state index in [4.69, 9.17) is 14.7 Å². The third-order valence-electron chi connectivity index (χ3n) is 6.72. The minimum atomic E-state index is -3.94. The first-order valence-corrected chi connectivity index (χ1v) is 15.3. The molecule has 1 amide bonds. The molecule has 3 rings (SSSR count). The van der Waals surface area contributed by atoms with Crippen molar-refractivity contribution in [3.05, 3.63) is 59.2 Å². The van der Waals surface area contributed by atoms with Gasteiger partial charge in [0.2, 0.25) is 0 Å². The number of nitriles is 1. The highest BCUT2D eigenvalue weighted by atomic mass is 32.2. The van der Waals surface area contributed by atoms with E-state index in [1.165, 1.54) is 11.4 Å². The summed E-state index contributed by atoms with van der Waals surface area (Å²) in [6, 6.07) is 11.3. The Morgan fingerprint density at radius 2 is 1.67 bits per heavy atom. The van der Waals surface area contributed by atoms with Crippen LogP contribution in [0, 0.1) is 29.2 Å². The number of anilines is 1. The van der Waals surface area contributed by atoms with E-state index in [-0.39, 0.29) is 25.3 Å². The molecular weight excluding hydrogens is 574 g/mol. The van der Waals surface area contributed by atoms with Gasteiger partial charge in [0.15, 0.2) is 6.19 Å². The van der Waals surface area contributed by atoms with E-state index in [9.17, 15) is 23.1 Å². The van der Waals surface area contributed by atoms with Crippen molar-refractivity contribution in [1.29, 1.82) is 5.26 Å². The van der Waals surface area contributed by atoms with Gasteiger partial charge in [0.25, 0.3) is 16.1 Å². The number of carboxylic acids is 1. The molecule has 43 heavy (non-hydrogen) atoms. The van der Waals surface area contributed by atoms with Gasteiger partial charge in [-0.1, -0.05) is 25.7 Å². The van der Waals surface area contributed by atoms with E-state index < -0.39 is 34.0 Å². The molecule has 1 saturated heterocycles. The van der Waals surface area contributed by atoms with E-state index in [1.807, 2.05) is 42.3 Å². The van der Waals surface area contributed by atoms with Crippen molar-refractivity contribution in [2.24, 2.45) is 5.92 Å². The number of carbonyl (C=O) groups is 2. The number of amides is 1. The molecule has 1 heterocycles. The molecule has 0 bridgehead atoms. The molecule has 1 fully saturated rings. The molecule has 0 unspecified atom stereocenters. The maximum Gasteiger partial charge on any atom is 0.322 e.